The molecule has 0 bridgehead atoms. The van der Waals surface area contributed by atoms with Gasteiger partial charge in [0.15, 0.2) is 0 Å². The Hall–Kier alpha value is -0.830. The smallest absolute Gasteiger partial charge is 0.331 e. The van der Waals surface area contributed by atoms with Crippen LogP contribution in [0.5, 0.6) is 0 Å². The number of aliphatic carboxylic acids is 1. The van der Waals surface area contributed by atoms with Gasteiger partial charge in [0.1, 0.15) is 0 Å². The molecule has 0 fully saturated rings. The van der Waals surface area contributed by atoms with Crippen LogP contribution in [0, 0.1) is 0 Å². The highest BCUT2D eigenvalue weighted by Gasteiger charge is 2.02. The Morgan fingerprint density at radius 1 is 1.13 bits per heavy atom. The zero-order valence-electron chi connectivity index (χ0n) is 9.54. The van der Waals surface area contributed by atoms with Gasteiger partial charge in [-0.15, -0.1) is 0 Å². The van der Waals surface area contributed by atoms with Gasteiger partial charge in [0.2, 0.25) is 0 Å². The zero-order chi connectivity index (χ0) is 11.5. The van der Waals surface area contributed by atoms with Crippen molar-refractivity contribution in [1.29, 1.82) is 0 Å². The Labute approximate surface area is 91.8 Å². The van der Waals surface area contributed by atoms with Crippen molar-refractivity contribution < 1.29 is 15.0 Å². The second kappa shape index (κ2) is 9.71. The van der Waals surface area contributed by atoms with Crippen LogP contribution < -0.4 is 0 Å². The zero-order valence-corrected chi connectivity index (χ0v) is 9.54. The van der Waals surface area contributed by atoms with Gasteiger partial charge >= 0.3 is 5.97 Å². The van der Waals surface area contributed by atoms with Crippen LogP contribution in [0.2, 0.25) is 0 Å². The summed E-state index contributed by atoms with van der Waals surface area (Å²) in [6.45, 7) is 2.14. The van der Waals surface area contributed by atoms with Crippen molar-refractivity contribution in [2.45, 2.75) is 51.9 Å². The molecule has 15 heavy (non-hydrogen) atoms. The average molecular weight is 214 g/mol. The lowest BCUT2D eigenvalue weighted by atomic mass is 10.1. The van der Waals surface area contributed by atoms with Crippen molar-refractivity contribution in [3.63, 3.8) is 0 Å². The minimum atomic E-state index is -0.794. The summed E-state index contributed by atoms with van der Waals surface area (Å²) < 4.78 is 0. The molecule has 0 saturated carbocycles. The molecule has 0 atom stereocenters. The quantitative estimate of drug-likeness (QED) is 0.458. The molecule has 0 aromatic heterocycles. The minimum Gasteiger partial charge on any atom is -0.478 e. The fraction of sp³-hybridized carbons (Fsp3) is 0.750. The van der Waals surface area contributed by atoms with Crippen LogP contribution in [0.15, 0.2) is 11.6 Å². The van der Waals surface area contributed by atoms with E-state index in [-0.39, 0.29) is 6.61 Å². The summed E-state index contributed by atoms with van der Waals surface area (Å²) in [7, 11) is 0. The maximum atomic E-state index is 10.6. The second-order valence-corrected chi connectivity index (χ2v) is 3.67. The third kappa shape index (κ3) is 8.18. The van der Waals surface area contributed by atoms with Crippen LogP contribution in [0.1, 0.15) is 51.9 Å². The fourth-order valence-corrected chi connectivity index (χ4v) is 1.45. The van der Waals surface area contributed by atoms with Crippen molar-refractivity contribution in [3.05, 3.63) is 11.6 Å². The third-order valence-corrected chi connectivity index (χ3v) is 2.41. The Morgan fingerprint density at radius 2 is 1.73 bits per heavy atom. The third-order valence-electron chi connectivity index (χ3n) is 2.41. The van der Waals surface area contributed by atoms with Crippen molar-refractivity contribution in [3.8, 4) is 0 Å². The van der Waals surface area contributed by atoms with E-state index in [1.165, 1.54) is 0 Å². The van der Waals surface area contributed by atoms with E-state index in [9.17, 15) is 4.79 Å². The lowest BCUT2D eigenvalue weighted by Crippen LogP contribution is -1.98. The van der Waals surface area contributed by atoms with Crippen molar-refractivity contribution >= 4 is 5.97 Å². The average Bonchev–Trinajstić information content (AvgIpc) is 2.21. The van der Waals surface area contributed by atoms with Crippen molar-refractivity contribution in [2.24, 2.45) is 0 Å². The molecule has 3 heteroatoms. The number of aliphatic hydroxyl groups excluding tert-OH is 1. The standard InChI is InChI=1S/C12H22O3/c1-2-11(12(14)15)9-7-5-3-4-6-8-10-13/h9,13H,2-8,10H2,1H3,(H,14,15). The first kappa shape index (κ1) is 14.2. The van der Waals surface area contributed by atoms with Crippen molar-refractivity contribution in [1.82, 2.24) is 0 Å². The summed E-state index contributed by atoms with van der Waals surface area (Å²) in [4.78, 5) is 10.6. The molecule has 0 radical (unpaired) electrons. The predicted molar refractivity (Wildman–Crippen MR) is 60.8 cm³/mol. The van der Waals surface area contributed by atoms with Crippen molar-refractivity contribution in [2.75, 3.05) is 6.61 Å². The number of carboxylic acid groups (broad SMARTS) is 1. The van der Waals surface area contributed by atoms with E-state index in [4.69, 9.17) is 10.2 Å². The highest BCUT2D eigenvalue weighted by molar-refractivity contribution is 5.86. The molecular weight excluding hydrogens is 192 g/mol. The Balaban J connectivity index is 3.46. The number of carboxylic acids is 1. The number of hydrogen-bond donors (Lipinski definition) is 2. The van der Waals surface area contributed by atoms with E-state index < -0.39 is 5.97 Å². The molecular formula is C12H22O3. The summed E-state index contributed by atoms with van der Waals surface area (Å²) in [6, 6.07) is 0. The molecule has 0 aliphatic heterocycles. The van der Waals surface area contributed by atoms with Crippen LogP contribution in [0.3, 0.4) is 0 Å². The second-order valence-electron chi connectivity index (χ2n) is 3.67. The summed E-state index contributed by atoms with van der Waals surface area (Å²) in [6.07, 6.45) is 8.52. The van der Waals surface area contributed by atoms with Gasteiger partial charge in [-0.05, 0) is 25.7 Å². The van der Waals surface area contributed by atoms with Gasteiger partial charge in [0, 0.05) is 12.2 Å². The lowest BCUT2D eigenvalue weighted by molar-refractivity contribution is -0.132. The van der Waals surface area contributed by atoms with Crippen LogP contribution in [0.4, 0.5) is 0 Å². The van der Waals surface area contributed by atoms with Gasteiger partial charge in [0.25, 0.3) is 0 Å². The molecule has 0 spiro atoms. The van der Waals surface area contributed by atoms with Crippen LogP contribution in [-0.2, 0) is 4.79 Å². The first-order valence-electron chi connectivity index (χ1n) is 5.75. The lowest BCUT2D eigenvalue weighted by Gasteiger charge is -1.99. The normalized spacial score (nSPS) is 11.7. The van der Waals surface area contributed by atoms with Crippen LogP contribution >= 0.6 is 0 Å². The molecule has 0 aliphatic rings. The number of rotatable bonds is 9. The molecule has 0 unspecified atom stereocenters. The summed E-state index contributed by atoms with van der Waals surface area (Å²) in [5, 5.41) is 17.3. The molecule has 0 saturated heterocycles. The highest BCUT2D eigenvalue weighted by Crippen LogP contribution is 2.08. The minimum absolute atomic E-state index is 0.277. The summed E-state index contributed by atoms with van der Waals surface area (Å²) in [5.74, 6) is -0.794. The van der Waals surface area contributed by atoms with E-state index in [2.05, 4.69) is 0 Å². The number of allylic oxidation sites excluding steroid dienone is 1. The topological polar surface area (TPSA) is 57.5 Å². The maximum absolute atomic E-state index is 10.6. The van der Waals surface area contributed by atoms with Gasteiger partial charge < -0.3 is 10.2 Å². The molecule has 3 nitrogen and oxygen atoms in total. The molecule has 0 heterocycles. The van der Waals surface area contributed by atoms with Crippen LogP contribution in [-0.4, -0.2) is 22.8 Å². The summed E-state index contributed by atoms with van der Waals surface area (Å²) >= 11 is 0. The molecule has 0 aromatic rings. The molecule has 2 N–H and O–H groups in total. The van der Waals surface area contributed by atoms with Gasteiger partial charge in [-0.25, -0.2) is 4.79 Å². The van der Waals surface area contributed by atoms with E-state index in [1.807, 2.05) is 13.0 Å². The summed E-state index contributed by atoms with van der Waals surface area (Å²) in [5.41, 5.74) is 0.519. The monoisotopic (exact) mass is 214 g/mol. The highest BCUT2D eigenvalue weighted by atomic mass is 16.4. The number of hydrogen-bond acceptors (Lipinski definition) is 2. The molecule has 0 aliphatic carbocycles. The van der Waals surface area contributed by atoms with E-state index in [0.717, 1.165) is 38.5 Å². The Bertz CT molecular complexity index is 197. The molecule has 88 valence electrons. The molecule has 0 amide bonds. The maximum Gasteiger partial charge on any atom is 0.331 e. The van der Waals surface area contributed by atoms with E-state index in [1.54, 1.807) is 0 Å². The number of carbonyl (C=O) groups is 1. The molecule has 0 aromatic carbocycles. The Morgan fingerprint density at radius 3 is 2.27 bits per heavy atom. The van der Waals surface area contributed by atoms with Gasteiger partial charge in [-0.2, -0.15) is 0 Å². The van der Waals surface area contributed by atoms with Gasteiger partial charge in [-0.3, -0.25) is 0 Å². The Kier molecular flexibility index (Phi) is 9.18. The van der Waals surface area contributed by atoms with E-state index in [0.29, 0.717) is 12.0 Å². The number of unbranched alkanes of at least 4 members (excludes halogenated alkanes) is 5. The van der Waals surface area contributed by atoms with Crippen LogP contribution in [0.25, 0.3) is 0 Å². The molecule has 0 rings (SSSR count). The SMILES string of the molecule is CCC(=CCCCCCCCO)C(=O)O. The van der Waals surface area contributed by atoms with Gasteiger partial charge in [0.05, 0.1) is 0 Å². The predicted octanol–water partition coefficient (Wildman–Crippen LogP) is 2.74. The first-order valence-corrected chi connectivity index (χ1v) is 5.75. The van der Waals surface area contributed by atoms with E-state index >= 15 is 0 Å². The largest absolute Gasteiger partial charge is 0.478 e. The fourth-order valence-electron chi connectivity index (χ4n) is 1.45. The first-order chi connectivity index (χ1) is 7.22. The number of aliphatic hydroxyl groups is 1. The van der Waals surface area contributed by atoms with Gasteiger partial charge in [-0.1, -0.05) is 32.3 Å².